The van der Waals surface area contributed by atoms with Crippen LogP contribution in [0.3, 0.4) is 0 Å². The van der Waals surface area contributed by atoms with Crippen molar-refractivity contribution in [2.45, 2.75) is 393 Å². The van der Waals surface area contributed by atoms with Crippen LogP contribution in [0.5, 0.6) is 0 Å². The molecule has 5 atom stereocenters. The maximum atomic E-state index is 13.1. The van der Waals surface area contributed by atoms with E-state index in [2.05, 4.69) is 76.3 Å². The third kappa shape index (κ3) is 71.4. The summed E-state index contributed by atoms with van der Waals surface area (Å²) in [6.07, 6.45) is 69.4. The fourth-order valence-corrected chi connectivity index (χ4v) is 12.7. The Morgan fingerprint density at radius 1 is 0.286 bits per heavy atom. The summed E-state index contributed by atoms with van der Waals surface area (Å²) in [6.45, 7) is 4.87. The largest absolute Gasteiger partial charge is 0.472 e. The zero-order valence-corrected chi connectivity index (χ0v) is 64.5. The predicted octanol–water partition coefficient (Wildman–Crippen LogP) is 22.9. The van der Waals surface area contributed by atoms with Crippen molar-refractivity contribution in [2.24, 2.45) is 0 Å². The number of hydrogen-bond acceptors (Lipinski definition) is 15. The number of phosphoric ester groups is 2. The average molecular weight is 1430 g/mol. The van der Waals surface area contributed by atoms with Crippen LogP contribution in [0, 0.1) is 0 Å². The highest BCUT2D eigenvalue weighted by Gasteiger charge is 2.30. The van der Waals surface area contributed by atoms with Crippen LogP contribution in [0.1, 0.15) is 374 Å². The number of aliphatic hydroxyl groups excluding tert-OH is 1. The van der Waals surface area contributed by atoms with E-state index in [1.807, 2.05) is 0 Å². The minimum absolute atomic E-state index is 0.0850. The molecule has 3 N–H and O–H groups in total. The Kier molecular flexibility index (Phi) is 70.2. The lowest BCUT2D eigenvalue weighted by atomic mass is 10.0. The highest BCUT2D eigenvalue weighted by Crippen LogP contribution is 2.45. The first-order chi connectivity index (χ1) is 47.7. The Hall–Kier alpha value is -2.98. The van der Waals surface area contributed by atoms with Crippen molar-refractivity contribution in [1.82, 2.24) is 0 Å². The van der Waals surface area contributed by atoms with Gasteiger partial charge in [0.25, 0.3) is 0 Å². The molecule has 0 aliphatic rings. The van der Waals surface area contributed by atoms with E-state index in [9.17, 15) is 43.2 Å². The molecule has 574 valence electrons. The maximum absolute atomic E-state index is 13.1. The lowest BCUT2D eigenvalue weighted by Crippen LogP contribution is -2.30. The van der Waals surface area contributed by atoms with Gasteiger partial charge in [0.1, 0.15) is 19.3 Å². The summed E-state index contributed by atoms with van der Waals surface area (Å²) >= 11 is 0. The van der Waals surface area contributed by atoms with Gasteiger partial charge in [-0.1, -0.05) is 307 Å². The number of aliphatic hydroxyl groups is 1. The second-order valence-electron chi connectivity index (χ2n) is 27.0. The molecule has 0 bridgehead atoms. The lowest BCUT2D eigenvalue weighted by molar-refractivity contribution is -0.161. The van der Waals surface area contributed by atoms with Gasteiger partial charge in [-0.05, 0) is 89.9 Å². The molecule has 0 heterocycles. The van der Waals surface area contributed by atoms with Crippen molar-refractivity contribution < 1.29 is 80.2 Å². The number of ether oxygens (including phenoxy) is 4. The van der Waals surface area contributed by atoms with Gasteiger partial charge >= 0.3 is 39.5 Å². The number of carbonyl (C=O) groups is 4. The number of esters is 4. The van der Waals surface area contributed by atoms with Crippen LogP contribution in [0.2, 0.25) is 0 Å². The summed E-state index contributed by atoms with van der Waals surface area (Å²) < 4.78 is 68.6. The molecule has 0 fully saturated rings. The van der Waals surface area contributed by atoms with Crippen LogP contribution in [-0.4, -0.2) is 96.7 Å². The quantitative estimate of drug-likeness (QED) is 0.0169. The van der Waals surface area contributed by atoms with Gasteiger partial charge in [0, 0.05) is 25.7 Å². The fraction of sp³-hybridized carbons (Fsp3) is 0.848. The van der Waals surface area contributed by atoms with Crippen LogP contribution in [0.25, 0.3) is 0 Å². The van der Waals surface area contributed by atoms with Crippen molar-refractivity contribution in [3.8, 4) is 0 Å². The Morgan fingerprint density at radius 2 is 0.500 bits per heavy atom. The van der Waals surface area contributed by atoms with Crippen LogP contribution in [-0.2, 0) is 65.4 Å². The number of phosphoric acid groups is 2. The van der Waals surface area contributed by atoms with Crippen molar-refractivity contribution in [2.75, 3.05) is 39.6 Å². The molecule has 0 aliphatic carbocycles. The van der Waals surface area contributed by atoms with Crippen molar-refractivity contribution in [3.05, 3.63) is 48.6 Å². The number of unbranched alkanes of at least 4 members (excludes halogenated alkanes) is 42. The van der Waals surface area contributed by atoms with Crippen LogP contribution in [0.4, 0.5) is 0 Å². The first-order valence-corrected chi connectivity index (χ1v) is 42.9. The van der Waals surface area contributed by atoms with E-state index in [1.54, 1.807) is 0 Å². The Morgan fingerprint density at radius 3 is 0.776 bits per heavy atom. The molecule has 0 amide bonds. The molecular weight excluding hydrogens is 1280 g/mol. The van der Waals surface area contributed by atoms with E-state index < -0.39 is 97.5 Å². The SMILES string of the molecule is CCCCC/C=C\C/C=C\CCCCCCCC(=O)O[C@H](COC(=O)CCCCCCCCCCCCCCC)COP(=O)(O)OC[C@H](O)COP(=O)(O)OC[C@@H](COC(=O)CCCCCCCCCCCCCCCCC)OC(=O)CCCCCCC/C=C\C/C=C\CCCCC. The van der Waals surface area contributed by atoms with Crippen LogP contribution < -0.4 is 0 Å². The second kappa shape index (κ2) is 72.4. The summed E-state index contributed by atoms with van der Waals surface area (Å²) in [5.41, 5.74) is 0. The van der Waals surface area contributed by atoms with Gasteiger partial charge in [0.05, 0.1) is 26.4 Å². The van der Waals surface area contributed by atoms with Gasteiger partial charge in [0.2, 0.25) is 0 Å². The first-order valence-electron chi connectivity index (χ1n) is 39.9. The normalized spacial score (nSPS) is 14.2. The molecular formula is C79H146O17P2. The Balaban J connectivity index is 5.33. The molecule has 2 unspecified atom stereocenters. The van der Waals surface area contributed by atoms with Gasteiger partial charge in [-0.2, -0.15) is 0 Å². The van der Waals surface area contributed by atoms with Gasteiger partial charge < -0.3 is 33.8 Å². The molecule has 98 heavy (non-hydrogen) atoms. The summed E-state index contributed by atoms with van der Waals surface area (Å²) in [6, 6.07) is 0. The van der Waals surface area contributed by atoms with Gasteiger partial charge in [-0.15, -0.1) is 0 Å². The van der Waals surface area contributed by atoms with E-state index in [-0.39, 0.29) is 25.7 Å². The van der Waals surface area contributed by atoms with E-state index in [0.29, 0.717) is 25.7 Å². The fourth-order valence-electron chi connectivity index (χ4n) is 11.2. The predicted molar refractivity (Wildman–Crippen MR) is 400 cm³/mol. The molecule has 0 rings (SSSR count). The average Bonchev–Trinajstić information content (AvgIpc) is 1.05. The van der Waals surface area contributed by atoms with Gasteiger partial charge in [-0.25, -0.2) is 9.13 Å². The number of allylic oxidation sites excluding steroid dienone is 8. The van der Waals surface area contributed by atoms with E-state index in [4.69, 9.17) is 37.0 Å². The minimum Gasteiger partial charge on any atom is -0.462 e. The van der Waals surface area contributed by atoms with E-state index >= 15 is 0 Å². The molecule has 0 saturated heterocycles. The zero-order valence-electron chi connectivity index (χ0n) is 62.7. The number of carbonyl (C=O) groups excluding carboxylic acids is 4. The summed E-state index contributed by atoms with van der Waals surface area (Å²) in [4.78, 5) is 72.9. The molecule has 17 nitrogen and oxygen atoms in total. The van der Waals surface area contributed by atoms with Crippen molar-refractivity contribution in [3.63, 3.8) is 0 Å². The monoisotopic (exact) mass is 1430 g/mol. The molecule has 0 radical (unpaired) electrons. The molecule has 0 aromatic rings. The molecule has 0 aliphatic heterocycles. The third-order valence-electron chi connectivity index (χ3n) is 17.3. The van der Waals surface area contributed by atoms with E-state index in [1.165, 1.54) is 167 Å². The van der Waals surface area contributed by atoms with Gasteiger partial charge in [-0.3, -0.25) is 37.3 Å². The highest BCUT2D eigenvalue weighted by molar-refractivity contribution is 7.47. The van der Waals surface area contributed by atoms with Crippen molar-refractivity contribution in [1.29, 1.82) is 0 Å². The lowest BCUT2D eigenvalue weighted by Gasteiger charge is -2.21. The van der Waals surface area contributed by atoms with Crippen LogP contribution in [0.15, 0.2) is 48.6 Å². The molecule has 0 aromatic heterocycles. The molecule has 0 saturated carbocycles. The van der Waals surface area contributed by atoms with Gasteiger partial charge in [0.15, 0.2) is 12.2 Å². The minimum atomic E-state index is -4.97. The topological polar surface area (TPSA) is 237 Å². The second-order valence-corrected chi connectivity index (χ2v) is 29.9. The first kappa shape index (κ1) is 95.0. The summed E-state index contributed by atoms with van der Waals surface area (Å²) in [7, 11) is -9.94. The molecule has 0 spiro atoms. The molecule has 19 heteroatoms. The zero-order chi connectivity index (χ0) is 71.8. The Labute approximate surface area is 597 Å². The number of hydrogen-bond donors (Lipinski definition) is 3. The Bertz CT molecular complexity index is 2050. The number of rotatable bonds is 76. The van der Waals surface area contributed by atoms with Crippen molar-refractivity contribution >= 4 is 39.5 Å². The molecule has 0 aromatic carbocycles. The smallest absolute Gasteiger partial charge is 0.462 e. The maximum Gasteiger partial charge on any atom is 0.472 e. The third-order valence-corrected chi connectivity index (χ3v) is 19.2. The highest BCUT2D eigenvalue weighted by atomic mass is 31.2. The van der Waals surface area contributed by atoms with E-state index in [0.717, 1.165) is 128 Å². The standard InChI is InChI=1S/C79H146O17P2/c1-5-9-13-17-21-25-29-33-36-40-44-48-52-56-60-64-77(82)90-70-75(96-79(84)66-62-58-54-50-46-42-38-35-31-27-23-19-15-11-7-3)72-94-98(87,88)92-68-73(80)67-91-97(85,86)93-71-74(69-89-76(81)63-59-55-51-47-43-39-32-28-24-20-16-12-8-4)95-78(83)65-61-57-53-49-45-41-37-34-30-26-22-18-14-10-6-2/h22-23,26-27,34-35,37-38,73-75,80H,5-21,24-25,28-33,36,39-72H2,1-4H3,(H,85,86)(H,87,88)/b26-22-,27-23-,37-34-,38-35-/t73-,74+,75+/m0/s1. The summed E-state index contributed by atoms with van der Waals surface area (Å²) in [5.74, 6) is -2.16. The van der Waals surface area contributed by atoms with Crippen LogP contribution >= 0.6 is 15.6 Å². The summed E-state index contributed by atoms with van der Waals surface area (Å²) in [5, 5.41) is 10.6.